The highest BCUT2D eigenvalue weighted by Gasteiger charge is 2.26. The van der Waals surface area contributed by atoms with Crippen LogP contribution in [0.2, 0.25) is 5.15 Å². The monoisotopic (exact) mass is 590 g/mol. The number of carbonyl (C=O) groups is 3. The van der Waals surface area contributed by atoms with Gasteiger partial charge in [0, 0.05) is 55.6 Å². The molecule has 2 fully saturated rings. The van der Waals surface area contributed by atoms with E-state index in [-0.39, 0.29) is 29.8 Å². The summed E-state index contributed by atoms with van der Waals surface area (Å²) in [5.41, 5.74) is 8.68. The van der Waals surface area contributed by atoms with Gasteiger partial charge in [-0.2, -0.15) is 0 Å². The first-order chi connectivity index (χ1) is 20.3. The molecular formula is C31H35ClN6O4. The van der Waals surface area contributed by atoms with Gasteiger partial charge in [0.1, 0.15) is 10.9 Å². The molecule has 0 bridgehead atoms. The van der Waals surface area contributed by atoms with Crippen molar-refractivity contribution in [3.8, 4) is 5.75 Å². The van der Waals surface area contributed by atoms with Gasteiger partial charge in [-0.3, -0.25) is 14.4 Å². The normalized spacial score (nSPS) is 18.7. The van der Waals surface area contributed by atoms with Crippen LogP contribution in [0.15, 0.2) is 60.8 Å². The maximum atomic E-state index is 13.3. The van der Waals surface area contributed by atoms with E-state index >= 15 is 0 Å². The third-order valence-electron chi connectivity index (χ3n) is 7.83. The zero-order valence-electron chi connectivity index (χ0n) is 23.5. The molecule has 11 heteroatoms. The SMILES string of the molecule is COc1cccc(C(=O)Nc2cc(C(=O)NC3CCC(N)CC3)ccc2N2CCN(C(=O)c3ccc(Cl)nc3)CC2)c1. The van der Waals surface area contributed by atoms with E-state index in [2.05, 4.69) is 20.5 Å². The molecule has 2 heterocycles. The average Bonchev–Trinajstić information content (AvgIpc) is 3.02. The Balaban J connectivity index is 1.34. The summed E-state index contributed by atoms with van der Waals surface area (Å²) in [5, 5.41) is 6.47. The number of hydrogen-bond donors (Lipinski definition) is 3. The van der Waals surface area contributed by atoms with Gasteiger partial charge in [0.2, 0.25) is 0 Å². The third-order valence-corrected chi connectivity index (χ3v) is 8.05. The van der Waals surface area contributed by atoms with E-state index in [1.165, 1.54) is 6.20 Å². The minimum absolute atomic E-state index is 0.0771. The third kappa shape index (κ3) is 7.00. The minimum atomic E-state index is -0.321. The van der Waals surface area contributed by atoms with Gasteiger partial charge < -0.3 is 30.9 Å². The Kier molecular flexibility index (Phi) is 9.24. The topological polar surface area (TPSA) is 130 Å². The summed E-state index contributed by atoms with van der Waals surface area (Å²) < 4.78 is 5.28. The summed E-state index contributed by atoms with van der Waals surface area (Å²) in [4.78, 5) is 47.4. The van der Waals surface area contributed by atoms with Crippen LogP contribution in [0.5, 0.6) is 5.75 Å². The quantitative estimate of drug-likeness (QED) is 0.355. The molecule has 1 aromatic heterocycles. The molecule has 0 radical (unpaired) electrons. The number of hydrogen-bond acceptors (Lipinski definition) is 7. The van der Waals surface area contributed by atoms with Crippen LogP contribution in [-0.4, -0.2) is 73.0 Å². The predicted molar refractivity (Wildman–Crippen MR) is 162 cm³/mol. The number of rotatable bonds is 7. The summed E-state index contributed by atoms with van der Waals surface area (Å²) in [6, 6.07) is 15.8. The number of nitrogens with one attached hydrogen (secondary N) is 2. The zero-order valence-corrected chi connectivity index (χ0v) is 24.3. The number of nitrogens with two attached hydrogens (primary N) is 1. The number of carbonyl (C=O) groups excluding carboxylic acids is 3. The van der Waals surface area contributed by atoms with Crippen molar-refractivity contribution in [2.75, 3.05) is 43.5 Å². The Labute approximate surface area is 250 Å². The molecule has 220 valence electrons. The molecule has 10 nitrogen and oxygen atoms in total. The van der Waals surface area contributed by atoms with Crippen molar-refractivity contribution in [3.63, 3.8) is 0 Å². The van der Waals surface area contributed by atoms with Gasteiger partial charge in [-0.1, -0.05) is 17.7 Å². The van der Waals surface area contributed by atoms with Crippen LogP contribution in [0, 0.1) is 0 Å². The molecular weight excluding hydrogens is 556 g/mol. The van der Waals surface area contributed by atoms with Crippen LogP contribution in [0.25, 0.3) is 0 Å². The van der Waals surface area contributed by atoms with Gasteiger partial charge in [-0.15, -0.1) is 0 Å². The lowest BCUT2D eigenvalue weighted by Crippen LogP contribution is -2.49. The van der Waals surface area contributed by atoms with Crippen molar-refractivity contribution in [2.45, 2.75) is 37.8 Å². The van der Waals surface area contributed by atoms with Crippen LogP contribution < -0.4 is 26.0 Å². The Morgan fingerprint density at radius 1 is 0.905 bits per heavy atom. The smallest absolute Gasteiger partial charge is 0.255 e. The maximum absolute atomic E-state index is 13.3. The maximum Gasteiger partial charge on any atom is 0.255 e. The summed E-state index contributed by atoms with van der Waals surface area (Å²) in [5.74, 6) is -0.0511. The number of halogens is 1. The Morgan fingerprint density at radius 2 is 1.62 bits per heavy atom. The van der Waals surface area contributed by atoms with E-state index in [0.29, 0.717) is 59.5 Å². The van der Waals surface area contributed by atoms with Gasteiger partial charge in [-0.25, -0.2) is 4.98 Å². The number of nitrogens with zero attached hydrogens (tertiary/aromatic N) is 3. The van der Waals surface area contributed by atoms with Crippen LogP contribution in [0.3, 0.4) is 0 Å². The molecule has 5 rings (SSSR count). The lowest BCUT2D eigenvalue weighted by atomic mass is 9.91. The van der Waals surface area contributed by atoms with Crippen molar-refractivity contribution >= 4 is 40.7 Å². The lowest BCUT2D eigenvalue weighted by molar-refractivity contribution is 0.0746. The number of aromatic nitrogens is 1. The second kappa shape index (κ2) is 13.2. The Morgan fingerprint density at radius 3 is 2.31 bits per heavy atom. The Bertz CT molecular complexity index is 1430. The number of ether oxygens (including phenoxy) is 1. The summed E-state index contributed by atoms with van der Waals surface area (Å²) in [7, 11) is 1.55. The second-order valence-corrected chi connectivity index (χ2v) is 11.0. The molecule has 2 aliphatic rings. The van der Waals surface area contributed by atoms with Crippen molar-refractivity contribution in [2.24, 2.45) is 5.73 Å². The molecule has 2 aromatic carbocycles. The fraction of sp³-hybridized carbons (Fsp3) is 0.355. The number of amides is 3. The van der Waals surface area contributed by atoms with Gasteiger partial charge in [-0.05, 0) is 74.2 Å². The molecule has 3 amide bonds. The van der Waals surface area contributed by atoms with Gasteiger partial charge >= 0.3 is 0 Å². The largest absolute Gasteiger partial charge is 0.497 e. The fourth-order valence-corrected chi connectivity index (χ4v) is 5.49. The van der Waals surface area contributed by atoms with Crippen molar-refractivity contribution in [3.05, 3.63) is 82.6 Å². The number of piperazine rings is 1. The van der Waals surface area contributed by atoms with E-state index in [4.69, 9.17) is 22.1 Å². The van der Waals surface area contributed by atoms with E-state index in [0.717, 1.165) is 31.4 Å². The molecule has 1 aliphatic carbocycles. The van der Waals surface area contributed by atoms with Gasteiger partial charge in [0.25, 0.3) is 17.7 Å². The van der Waals surface area contributed by atoms with E-state index in [1.807, 2.05) is 6.07 Å². The van der Waals surface area contributed by atoms with Crippen molar-refractivity contribution in [1.29, 1.82) is 0 Å². The Hall–Kier alpha value is -4.15. The fourth-order valence-electron chi connectivity index (χ4n) is 5.38. The van der Waals surface area contributed by atoms with Crippen LogP contribution in [0.1, 0.15) is 56.8 Å². The lowest BCUT2D eigenvalue weighted by Gasteiger charge is -2.37. The molecule has 1 saturated carbocycles. The van der Waals surface area contributed by atoms with Gasteiger partial charge in [0.15, 0.2) is 0 Å². The molecule has 0 unspecified atom stereocenters. The molecule has 0 spiro atoms. The van der Waals surface area contributed by atoms with Crippen LogP contribution in [-0.2, 0) is 0 Å². The second-order valence-electron chi connectivity index (χ2n) is 10.7. The first kappa shape index (κ1) is 29.3. The molecule has 42 heavy (non-hydrogen) atoms. The summed E-state index contributed by atoms with van der Waals surface area (Å²) in [6.45, 7) is 2.05. The molecule has 1 aliphatic heterocycles. The summed E-state index contributed by atoms with van der Waals surface area (Å²) in [6.07, 6.45) is 4.94. The number of pyridine rings is 1. The van der Waals surface area contributed by atoms with Crippen LogP contribution in [0.4, 0.5) is 11.4 Å². The van der Waals surface area contributed by atoms with Crippen molar-refractivity contribution in [1.82, 2.24) is 15.2 Å². The first-order valence-corrected chi connectivity index (χ1v) is 14.5. The predicted octanol–water partition coefficient (Wildman–Crippen LogP) is 3.96. The average molecular weight is 591 g/mol. The van der Waals surface area contributed by atoms with E-state index in [9.17, 15) is 14.4 Å². The highest BCUT2D eigenvalue weighted by molar-refractivity contribution is 6.29. The molecule has 0 atom stereocenters. The van der Waals surface area contributed by atoms with E-state index < -0.39 is 0 Å². The first-order valence-electron chi connectivity index (χ1n) is 14.1. The minimum Gasteiger partial charge on any atom is -0.497 e. The standard InChI is InChI=1S/C31H35ClN6O4/c1-42-25-4-2-3-20(17-25)30(40)36-26-18-21(29(39)35-24-9-7-23(33)8-10-24)5-11-27(26)37-13-15-38(16-14-37)31(41)22-6-12-28(32)34-19-22/h2-6,11-12,17-19,23-24H,7-10,13-16,33H2,1H3,(H,35,39)(H,36,40). The highest BCUT2D eigenvalue weighted by Crippen LogP contribution is 2.30. The van der Waals surface area contributed by atoms with Gasteiger partial charge in [0.05, 0.1) is 24.0 Å². The molecule has 4 N–H and O–H groups in total. The zero-order chi connectivity index (χ0) is 29.6. The number of anilines is 2. The summed E-state index contributed by atoms with van der Waals surface area (Å²) >= 11 is 5.87. The van der Waals surface area contributed by atoms with Crippen molar-refractivity contribution < 1.29 is 19.1 Å². The molecule has 3 aromatic rings. The molecule has 1 saturated heterocycles. The van der Waals surface area contributed by atoms with E-state index in [1.54, 1.807) is 60.5 Å². The number of methoxy groups -OCH3 is 1. The highest BCUT2D eigenvalue weighted by atomic mass is 35.5. The van der Waals surface area contributed by atoms with Crippen LogP contribution >= 0.6 is 11.6 Å². The number of benzene rings is 2.